The Balaban J connectivity index is 1.93. The van der Waals surface area contributed by atoms with E-state index in [0.29, 0.717) is 10.6 Å². The molecule has 0 radical (unpaired) electrons. The van der Waals surface area contributed by atoms with Crippen molar-refractivity contribution >= 4 is 43.6 Å². The molecule has 40 heavy (non-hydrogen) atoms. The highest BCUT2D eigenvalue weighted by molar-refractivity contribution is 7.99. The minimum absolute atomic E-state index is 0.0850. The first-order chi connectivity index (χ1) is 18.3. The summed E-state index contributed by atoms with van der Waals surface area (Å²) in [5, 5.41) is 0.285. The van der Waals surface area contributed by atoms with Gasteiger partial charge in [-0.15, -0.1) is 0 Å². The van der Waals surface area contributed by atoms with Crippen LogP contribution < -0.4 is 10.5 Å². The van der Waals surface area contributed by atoms with Crippen molar-refractivity contribution in [3.63, 3.8) is 0 Å². The van der Waals surface area contributed by atoms with Crippen molar-refractivity contribution in [1.82, 2.24) is 19.5 Å². The fraction of sp³-hybridized carbons (Fsp3) is 0.450. The van der Waals surface area contributed by atoms with E-state index in [1.54, 1.807) is 24.3 Å². The number of rotatable bonds is 11. The van der Waals surface area contributed by atoms with Crippen molar-refractivity contribution < 1.29 is 54.7 Å². The molecule has 0 aliphatic heterocycles. The van der Waals surface area contributed by atoms with Gasteiger partial charge in [0, 0.05) is 0 Å². The first kappa shape index (κ1) is 32.2. The number of alkyl halides is 6. The van der Waals surface area contributed by atoms with Gasteiger partial charge >= 0.3 is 12.4 Å². The third kappa shape index (κ3) is 8.33. The third-order valence-electron chi connectivity index (χ3n) is 5.03. The molecule has 0 amide bonds. The molecule has 11 nitrogen and oxygen atoms in total. The Labute approximate surface area is 227 Å². The number of nitrogens with zero attached hydrogens (tertiary/aromatic N) is 4. The molecule has 4 N–H and O–H groups in total. The van der Waals surface area contributed by atoms with Crippen molar-refractivity contribution in [2.75, 3.05) is 25.2 Å². The van der Waals surface area contributed by atoms with Gasteiger partial charge < -0.3 is 29.6 Å². The van der Waals surface area contributed by atoms with Crippen LogP contribution >= 0.6 is 26.5 Å². The Morgan fingerprint density at radius 3 is 2.17 bits per heavy atom. The Hall–Kier alpha value is -2.36. The summed E-state index contributed by atoms with van der Waals surface area (Å²) in [6.45, 7) is 0.704. The molecule has 0 aliphatic carbocycles. The van der Waals surface area contributed by atoms with Gasteiger partial charge in [-0.1, -0.05) is 23.9 Å². The average Bonchev–Trinajstić information content (AvgIpc) is 3.17. The number of nitrogens with two attached hydrogens (primary N) is 1. The quantitative estimate of drug-likeness (QED) is 0.149. The SMILES string of the molecule is COc1ccccc1Sc1nc(N)nc2c1ncn2CC(C)OC(P(=O)(O)CC(F)(F)F)P(=O)(O)CC(F)(F)F. The maximum Gasteiger partial charge on any atom is 0.398 e. The summed E-state index contributed by atoms with van der Waals surface area (Å²) in [7, 11) is -10.2. The monoisotopic (exact) mass is 637 g/mol. The topological polar surface area (TPSA) is 163 Å². The van der Waals surface area contributed by atoms with Crippen LogP contribution in [0.3, 0.4) is 0 Å². The van der Waals surface area contributed by atoms with Gasteiger partial charge in [-0.05, 0) is 19.1 Å². The van der Waals surface area contributed by atoms with Gasteiger partial charge in [0.1, 0.15) is 28.6 Å². The number of fused-ring (bicyclic) bond motifs is 1. The highest BCUT2D eigenvalue weighted by Gasteiger charge is 2.55. The molecule has 3 unspecified atom stereocenters. The zero-order chi connectivity index (χ0) is 30.1. The van der Waals surface area contributed by atoms with Crippen LogP contribution in [0.25, 0.3) is 11.2 Å². The van der Waals surface area contributed by atoms with Crippen LogP contribution in [0.5, 0.6) is 5.75 Å². The summed E-state index contributed by atoms with van der Waals surface area (Å²) in [5.41, 5.74) is 2.96. The molecule has 0 saturated carbocycles. The van der Waals surface area contributed by atoms with Gasteiger partial charge in [-0.2, -0.15) is 31.3 Å². The van der Waals surface area contributed by atoms with Crippen LogP contribution in [0.1, 0.15) is 6.92 Å². The summed E-state index contributed by atoms with van der Waals surface area (Å²) in [6, 6.07) is 6.94. The Morgan fingerprint density at radius 1 is 1.05 bits per heavy atom. The summed E-state index contributed by atoms with van der Waals surface area (Å²) >= 11 is 1.13. The molecule has 1 aromatic carbocycles. The second-order valence-corrected chi connectivity index (χ2v) is 14.6. The highest BCUT2D eigenvalue weighted by Crippen LogP contribution is 2.67. The van der Waals surface area contributed by atoms with Crippen LogP contribution in [0.4, 0.5) is 32.3 Å². The molecule has 2 aromatic heterocycles. The Bertz CT molecular complexity index is 1420. The highest BCUT2D eigenvalue weighted by atomic mass is 32.2. The fourth-order valence-corrected chi connectivity index (χ4v) is 9.48. The van der Waals surface area contributed by atoms with Crippen molar-refractivity contribution in [2.45, 2.75) is 47.4 Å². The van der Waals surface area contributed by atoms with Crippen molar-refractivity contribution in [3.8, 4) is 5.75 Å². The van der Waals surface area contributed by atoms with Gasteiger partial charge in [-0.25, -0.2) is 9.97 Å². The molecule has 0 fully saturated rings. The number of hydrogen-bond donors (Lipinski definition) is 3. The van der Waals surface area contributed by atoms with E-state index in [1.807, 2.05) is 0 Å². The molecular weight excluding hydrogens is 614 g/mol. The van der Waals surface area contributed by atoms with E-state index in [9.17, 15) is 45.3 Å². The van der Waals surface area contributed by atoms with Gasteiger partial charge in [0.25, 0.3) is 0 Å². The number of nitrogen functional groups attached to an aromatic ring is 1. The van der Waals surface area contributed by atoms with Crippen LogP contribution in [0, 0.1) is 0 Å². The molecule has 222 valence electrons. The van der Waals surface area contributed by atoms with E-state index in [0.717, 1.165) is 18.7 Å². The summed E-state index contributed by atoms with van der Waals surface area (Å²) in [4.78, 5) is 33.0. The number of ether oxygens (including phenoxy) is 2. The van der Waals surface area contributed by atoms with E-state index >= 15 is 0 Å². The van der Waals surface area contributed by atoms with Gasteiger partial charge in [0.2, 0.25) is 26.3 Å². The minimum Gasteiger partial charge on any atom is -0.496 e. The fourth-order valence-electron chi connectivity index (χ4n) is 3.62. The third-order valence-corrected chi connectivity index (χ3v) is 11.5. The first-order valence-corrected chi connectivity index (χ1v) is 15.7. The van der Waals surface area contributed by atoms with E-state index in [-0.39, 0.29) is 22.1 Å². The van der Waals surface area contributed by atoms with Crippen molar-refractivity contribution in [2.24, 2.45) is 0 Å². The number of aromatic nitrogens is 4. The largest absolute Gasteiger partial charge is 0.496 e. The number of methoxy groups -OCH3 is 1. The summed E-state index contributed by atoms with van der Waals surface area (Å²) < 4.78 is 114. The molecule has 3 rings (SSSR count). The molecule has 0 aliphatic rings. The van der Waals surface area contributed by atoms with Crippen LogP contribution in [0.2, 0.25) is 0 Å². The van der Waals surface area contributed by atoms with Crippen LogP contribution in [0.15, 0.2) is 40.5 Å². The average molecular weight is 637 g/mol. The molecule has 3 aromatic rings. The first-order valence-electron chi connectivity index (χ1n) is 11.0. The molecular formula is C20H23F6N5O6P2S. The second kappa shape index (κ2) is 11.9. The Morgan fingerprint density at radius 2 is 1.62 bits per heavy atom. The smallest absolute Gasteiger partial charge is 0.398 e. The van der Waals surface area contributed by atoms with E-state index < -0.39 is 57.6 Å². The number of anilines is 1. The standard InChI is InChI=1S/C20H23F6N5O6P2S/c1-11(37-18(38(32,33)8-19(21,22)23)39(34,35)9-20(24,25)26)7-31-10-28-14-15(31)29-17(27)30-16(14)40-13-6-4-3-5-12(13)36-2/h3-6,10-11,18H,7-9H2,1-2H3,(H,32,33)(H,34,35)(H2,27,29,30). The van der Waals surface area contributed by atoms with Crippen molar-refractivity contribution in [3.05, 3.63) is 30.6 Å². The molecule has 20 heteroatoms. The number of hydrogen-bond acceptors (Lipinski definition) is 9. The molecule has 0 bridgehead atoms. The van der Waals surface area contributed by atoms with Gasteiger partial charge in [-0.3, -0.25) is 9.13 Å². The molecule has 0 spiro atoms. The Kier molecular flexibility index (Phi) is 9.54. The van der Waals surface area contributed by atoms with E-state index in [2.05, 4.69) is 15.0 Å². The number of imidazole rings is 1. The lowest BCUT2D eigenvalue weighted by Gasteiger charge is -2.30. The van der Waals surface area contributed by atoms with Crippen LogP contribution in [-0.4, -0.2) is 72.8 Å². The van der Waals surface area contributed by atoms with Gasteiger partial charge in [0.05, 0.1) is 31.0 Å². The molecule has 2 heterocycles. The zero-order valence-corrected chi connectivity index (χ0v) is 23.2. The second-order valence-electron chi connectivity index (χ2n) is 8.54. The van der Waals surface area contributed by atoms with Crippen LogP contribution in [-0.2, 0) is 20.4 Å². The molecule has 3 atom stereocenters. The molecule has 0 saturated heterocycles. The van der Waals surface area contributed by atoms with Crippen molar-refractivity contribution in [1.29, 1.82) is 0 Å². The zero-order valence-electron chi connectivity index (χ0n) is 20.6. The lowest BCUT2D eigenvalue weighted by Crippen LogP contribution is -2.30. The predicted octanol–water partition coefficient (Wildman–Crippen LogP) is 4.92. The lowest BCUT2D eigenvalue weighted by atomic mass is 10.3. The van der Waals surface area contributed by atoms with E-state index in [1.165, 1.54) is 18.0 Å². The number of para-hydroxylation sites is 1. The maximum absolute atomic E-state index is 12.9. The van der Waals surface area contributed by atoms with Gasteiger partial charge in [0.15, 0.2) is 5.65 Å². The minimum atomic E-state index is -5.83. The summed E-state index contributed by atoms with van der Waals surface area (Å²) in [6.07, 6.45) is -16.0. The summed E-state index contributed by atoms with van der Waals surface area (Å²) in [5.74, 6) is 0.318. The number of benzene rings is 1. The lowest BCUT2D eigenvalue weighted by molar-refractivity contribution is -0.109. The maximum atomic E-state index is 12.9. The van der Waals surface area contributed by atoms with E-state index in [4.69, 9.17) is 15.2 Å². The normalized spacial score (nSPS) is 17.2. The predicted molar refractivity (Wildman–Crippen MR) is 133 cm³/mol. The number of halogens is 6.